The molecule has 18 heavy (non-hydrogen) atoms. The lowest BCUT2D eigenvalue weighted by atomic mass is 9.77. The first kappa shape index (κ1) is 13.6. The molecule has 2 rings (SSSR count). The molecule has 0 aromatic heterocycles. The molecular formula is C17H27N. The van der Waals surface area contributed by atoms with Gasteiger partial charge in [0.1, 0.15) is 0 Å². The summed E-state index contributed by atoms with van der Waals surface area (Å²) in [6.07, 6.45) is 5.72. The van der Waals surface area contributed by atoms with E-state index in [1.807, 2.05) is 0 Å². The van der Waals surface area contributed by atoms with E-state index in [-0.39, 0.29) is 0 Å². The van der Waals surface area contributed by atoms with E-state index in [0.717, 1.165) is 24.9 Å². The lowest BCUT2D eigenvalue weighted by Gasteiger charge is -2.30. The third kappa shape index (κ3) is 4.13. The summed E-state index contributed by atoms with van der Waals surface area (Å²) in [6, 6.07) is 11.0. The van der Waals surface area contributed by atoms with Crippen molar-refractivity contribution in [1.82, 2.24) is 5.32 Å². The topological polar surface area (TPSA) is 12.0 Å². The smallest absolute Gasteiger partial charge is 0.00203 e. The second-order valence-electron chi connectivity index (χ2n) is 6.19. The van der Waals surface area contributed by atoms with Crippen molar-refractivity contribution in [3.05, 3.63) is 35.9 Å². The highest BCUT2D eigenvalue weighted by molar-refractivity contribution is 5.20. The third-order valence-electron chi connectivity index (χ3n) is 4.06. The highest BCUT2D eigenvalue weighted by atomic mass is 14.9. The minimum atomic E-state index is 0.704. The van der Waals surface area contributed by atoms with Crippen LogP contribution in [0, 0.1) is 11.8 Å². The van der Waals surface area contributed by atoms with Crippen LogP contribution < -0.4 is 5.32 Å². The van der Waals surface area contributed by atoms with E-state index in [0.29, 0.717) is 5.92 Å². The molecule has 1 unspecified atom stereocenters. The third-order valence-corrected chi connectivity index (χ3v) is 4.06. The van der Waals surface area contributed by atoms with Crippen molar-refractivity contribution in [3.8, 4) is 0 Å². The van der Waals surface area contributed by atoms with E-state index >= 15 is 0 Å². The number of hydrogen-bond donors (Lipinski definition) is 1. The minimum absolute atomic E-state index is 0.704. The Balaban J connectivity index is 1.89. The Kier molecular flexibility index (Phi) is 5.25. The largest absolute Gasteiger partial charge is 0.316 e. The predicted molar refractivity (Wildman–Crippen MR) is 78.8 cm³/mol. The van der Waals surface area contributed by atoms with Gasteiger partial charge < -0.3 is 5.32 Å². The van der Waals surface area contributed by atoms with Gasteiger partial charge in [-0.1, -0.05) is 63.4 Å². The van der Waals surface area contributed by atoms with Gasteiger partial charge in [0, 0.05) is 6.54 Å². The summed E-state index contributed by atoms with van der Waals surface area (Å²) in [5.41, 5.74) is 1.51. The van der Waals surface area contributed by atoms with Crippen LogP contribution in [0.2, 0.25) is 0 Å². The van der Waals surface area contributed by atoms with Crippen molar-refractivity contribution >= 4 is 0 Å². The van der Waals surface area contributed by atoms with Crippen molar-refractivity contribution in [2.75, 3.05) is 13.1 Å². The highest BCUT2D eigenvalue weighted by Gasteiger charge is 2.22. The Morgan fingerprint density at radius 1 is 1.11 bits per heavy atom. The zero-order valence-electron chi connectivity index (χ0n) is 11.9. The SMILES string of the molecule is CC(C)CNCC(CC1CCC1)c1ccccc1. The summed E-state index contributed by atoms with van der Waals surface area (Å²) in [6.45, 7) is 6.82. The Morgan fingerprint density at radius 3 is 2.39 bits per heavy atom. The summed E-state index contributed by atoms with van der Waals surface area (Å²) in [5, 5.41) is 3.64. The van der Waals surface area contributed by atoms with E-state index in [1.54, 1.807) is 0 Å². The molecule has 0 amide bonds. The van der Waals surface area contributed by atoms with Gasteiger partial charge in [0.15, 0.2) is 0 Å². The molecule has 1 saturated carbocycles. The molecule has 1 fully saturated rings. The molecule has 0 bridgehead atoms. The minimum Gasteiger partial charge on any atom is -0.316 e. The fraction of sp³-hybridized carbons (Fsp3) is 0.647. The van der Waals surface area contributed by atoms with Crippen LogP contribution in [-0.4, -0.2) is 13.1 Å². The summed E-state index contributed by atoms with van der Waals surface area (Å²) < 4.78 is 0. The monoisotopic (exact) mass is 245 g/mol. The Bertz CT molecular complexity index is 327. The average molecular weight is 245 g/mol. The molecule has 1 atom stereocenters. The quantitative estimate of drug-likeness (QED) is 0.759. The van der Waals surface area contributed by atoms with Crippen LogP contribution in [0.1, 0.15) is 51.0 Å². The predicted octanol–water partition coefficient (Wildman–Crippen LogP) is 4.21. The standard InChI is InChI=1S/C17H27N/c1-14(2)12-18-13-17(11-15-7-6-8-15)16-9-4-3-5-10-16/h3-5,9-10,14-15,17-18H,6-8,11-13H2,1-2H3. The van der Waals surface area contributed by atoms with Crippen LogP contribution in [0.5, 0.6) is 0 Å². The molecule has 1 N–H and O–H groups in total. The van der Waals surface area contributed by atoms with E-state index in [4.69, 9.17) is 0 Å². The molecule has 1 aromatic carbocycles. The first-order valence-corrected chi connectivity index (χ1v) is 7.51. The molecule has 0 spiro atoms. The summed E-state index contributed by atoms with van der Waals surface area (Å²) >= 11 is 0. The Hall–Kier alpha value is -0.820. The molecule has 0 saturated heterocycles. The van der Waals surface area contributed by atoms with E-state index in [9.17, 15) is 0 Å². The van der Waals surface area contributed by atoms with Gasteiger partial charge in [0.05, 0.1) is 0 Å². The first-order chi connectivity index (χ1) is 8.75. The second kappa shape index (κ2) is 6.94. The van der Waals surface area contributed by atoms with Crippen molar-refractivity contribution in [1.29, 1.82) is 0 Å². The molecule has 1 heteroatoms. The van der Waals surface area contributed by atoms with Crippen LogP contribution in [0.25, 0.3) is 0 Å². The fourth-order valence-electron chi connectivity index (χ4n) is 2.74. The van der Waals surface area contributed by atoms with Gasteiger partial charge in [0.2, 0.25) is 0 Å². The van der Waals surface area contributed by atoms with Crippen molar-refractivity contribution in [3.63, 3.8) is 0 Å². The maximum absolute atomic E-state index is 3.64. The molecule has 0 heterocycles. The van der Waals surface area contributed by atoms with Crippen LogP contribution in [-0.2, 0) is 0 Å². The number of hydrogen-bond acceptors (Lipinski definition) is 1. The van der Waals surface area contributed by atoms with Crippen molar-refractivity contribution in [2.45, 2.75) is 45.4 Å². The van der Waals surface area contributed by atoms with Gasteiger partial charge in [-0.2, -0.15) is 0 Å². The van der Waals surface area contributed by atoms with Crippen LogP contribution in [0.3, 0.4) is 0 Å². The zero-order chi connectivity index (χ0) is 12.8. The van der Waals surface area contributed by atoms with E-state index < -0.39 is 0 Å². The average Bonchev–Trinajstić information content (AvgIpc) is 2.32. The molecule has 1 nitrogen and oxygen atoms in total. The summed E-state index contributed by atoms with van der Waals surface area (Å²) in [4.78, 5) is 0. The number of benzene rings is 1. The maximum atomic E-state index is 3.64. The second-order valence-corrected chi connectivity index (χ2v) is 6.19. The number of nitrogens with one attached hydrogen (secondary N) is 1. The summed E-state index contributed by atoms with van der Waals surface area (Å²) in [7, 11) is 0. The Morgan fingerprint density at radius 2 is 1.83 bits per heavy atom. The fourth-order valence-corrected chi connectivity index (χ4v) is 2.74. The lowest BCUT2D eigenvalue weighted by molar-refractivity contribution is 0.272. The molecule has 100 valence electrons. The van der Waals surface area contributed by atoms with Crippen molar-refractivity contribution < 1.29 is 0 Å². The molecule has 1 aliphatic carbocycles. The molecule has 0 aliphatic heterocycles. The van der Waals surface area contributed by atoms with Gasteiger partial charge >= 0.3 is 0 Å². The highest BCUT2D eigenvalue weighted by Crippen LogP contribution is 2.35. The molecule has 1 aliphatic rings. The first-order valence-electron chi connectivity index (χ1n) is 7.51. The Labute approximate surface area is 112 Å². The normalized spacial score (nSPS) is 17.7. The lowest BCUT2D eigenvalue weighted by Crippen LogP contribution is -2.27. The van der Waals surface area contributed by atoms with E-state index in [1.165, 1.54) is 31.2 Å². The maximum Gasteiger partial charge on any atom is 0.00203 e. The summed E-state index contributed by atoms with van der Waals surface area (Å²) in [5.74, 6) is 2.43. The van der Waals surface area contributed by atoms with Crippen LogP contribution in [0.4, 0.5) is 0 Å². The molecule has 0 radical (unpaired) electrons. The molecular weight excluding hydrogens is 218 g/mol. The van der Waals surface area contributed by atoms with E-state index in [2.05, 4.69) is 49.5 Å². The molecule has 1 aromatic rings. The van der Waals surface area contributed by atoms with Crippen LogP contribution in [0.15, 0.2) is 30.3 Å². The van der Waals surface area contributed by atoms with Gasteiger partial charge in [-0.15, -0.1) is 0 Å². The van der Waals surface area contributed by atoms with Gasteiger partial charge in [0.25, 0.3) is 0 Å². The van der Waals surface area contributed by atoms with Gasteiger partial charge in [-0.25, -0.2) is 0 Å². The van der Waals surface area contributed by atoms with Gasteiger partial charge in [-0.05, 0) is 36.3 Å². The van der Waals surface area contributed by atoms with Gasteiger partial charge in [-0.3, -0.25) is 0 Å². The van der Waals surface area contributed by atoms with Crippen LogP contribution >= 0.6 is 0 Å². The zero-order valence-corrected chi connectivity index (χ0v) is 11.9. The van der Waals surface area contributed by atoms with Crippen molar-refractivity contribution in [2.24, 2.45) is 11.8 Å². The number of rotatable bonds is 7.